The van der Waals surface area contributed by atoms with Crippen molar-refractivity contribution in [3.63, 3.8) is 0 Å². The van der Waals surface area contributed by atoms with Gasteiger partial charge in [0.1, 0.15) is 5.78 Å². The summed E-state index contributed by atoms with van der Waals surface area (Å²) in [6, 6.07) is 0.342. The summed E-state index contributed by atoms with van der Waals surface area (Å²) in [7, 11) is 4.16. The summed E-state index contributed by atoms with van der Waals surface area (Å²) in [4.78, 5) is 15.9. The molecule has 0 aromatic rings. The van der Waals surface area contributed by atoms with Gasteiger partial charge in [0.2, 0.25) is 0 Å². The first-order valence-corrected chi connectivity index (χ1v) is 4.97. The molecule has 1 saturated heterocycles. The van der Waals surface area contributed by atoms with Crippen molar-refractivity contribution in [1.29, 1.82) is 0 Å². The number of carbonyl (C=O) groups is 1. The lowest BCUT2D eigenvalue weighted by Crippen LogP contribution is -2.50. The summed E-state index contributed by atoms with van der Waals surface area (Å²) in [6.07, 6.45) is 5.96. The molecule has 0 spiro atoms. The number of likely N-dealkylation sites (N-methyl/N-ethyl adjacent to an activating group) is 2. The molecule has 1 fully saturated rings. The first-order chi connectivity index (χ1) is 6.63. The molecule has 1 atom stereocenters. The molecule has 0 aromatic carbocycles. The van der Waals surface area contributed by atoms with Crippen LogP contribution in [0.1, 0.15) is 12.8 Å². The fourth-order valence-electron chi connectivity index (χ4n) is 1.77. The van der Waals surface area contributed by atoms with Gasteiger partial charge in [0.15, 0.2) is 0 Å². The lowest BCUT2D eigenvalue weighted by molar-refractivity contribution is -0.119. The van der Waals surface area contributed by atoms with E-state index in [1.54, 1.807) is 0 Å². The van der Waals surface area contributed by atoms with Crippen molar-refractivity contribution in [3.05, 3.63) is 0 Å². The van der Waals surface area contributed by atoms with Gasteiger partial charge in [0.05, 0.1) is 6.42 Å². The van der Waals surface area contributed by atoms with Crippen molar-refractivity contribution in [3.8, 4) is 12.3 Å². The van der Waals surface area contributed by atoms with Crippen LogP contribution in [-0.2, 0) is 4.79 Å². The lowest BCUT2D eigenvalue weighted by Gasteiger charge is -2.37. The number of rotatable bonds is 3. The summed E-state index contributed by atoms with van der Waals surface area (Å²) < 4.78 is 0. The third-order valence-corrected chi connectivity index (χ3v) is 2.74. The van der Waals surface area contributed by atoms with Crippen LogP contribution in [0, 0.1) is 12.3 Å². The Labute approximate surface area is 86.1 Å². The smallest absolute Gasteiger partial charge is 0.146 e. The first-order valence-electron chi connectivity index (χ1n) is 4.97. The molecule has 0 bridgehead atoms. The molecule has 3 heteroatoms. The highest BCUT2D eigenvalue weighted by Gasteiger charge is 2.23. The molecule has 78 valence electrons. The quantitative estimate of drug-likeness (QED) is 0.600. The summed E-state index contributed by atoms with van der Waals surface area (Å²) in [5.74, 6) is 2.58. The minimum absolute atomic E-state index is 0.180. The van der Waals surface area contributed by atoms with E-state index in [9.17, 15) is 4.79 Å². The van der Waals surface area contributed by atoms with Crippen LogP contribution in [0.25, 0.3) is 0 Å². The van der Waals surface area contributed by atoms with Gasteiger partial charge in [0, 0.05) is 32.1 Å². The first kappa shape index (κ1) is 11.2. The molecule has 14 heavy (non-hydrogen) atoms. The van der Waals surface area contributed by atoms with Gasteiger partial charge in [-0.2, -0.15) is 0 Å². The zero-order valence-electron chi connectivity index (χ0n) is 8.99. The predicted molar refractivity (Wildman–Crippen MR) is 57.0 cm³/mol. The molecule has 0 aliphatic carbocycles. The predicted octanol–water partition coefficient (Wildman–Crippen LogP) is 0.215. The van der Waals surface area contributed by atoms with Gasteiger partial charge in [-0.05, 0) is 14.1 Å². The van der Waals surface area contributed by atoms with Gasteiger partial charge in [-0.15, -0.1) is 6.42 Å². The van der Waals surface area contributed by atoms with E-state index in [4.69, 9.17) is 6.42 Å². The van der Waals surface area contributed by atoms with Crippen molar-refractivity contribution in [2.45, 2.75) is 18.9 Å². The van der Waals surface area contributed by atoms with E-state index in [-0.39, 0.29) is 12.2 Å². The molecule has 0 amide bonds. The molecule has 1 heterocycles. The third-order valence-electron chi connectivity index (χ3n) is 2.74. The Balaban J connectivity index is 2.42. The van der Waals surface area contributed by atoms with Crippen molar-refractivity contribution < 1.29 is 4.79 Å². The van der Waals surface area contributed by atoms with Gasteiger partial charge in [0.25, 0.3) is 0 Å². The molecule has 0 saturated carbocycles. The van der Waals surface area contributed by atoms with E-state index in [0.29, 0.717) is 12.5 Å². The van der Waals surface area contributed by atoms with E-state index in [0.717, 1.165) is 19.6 Å². The van der Waals surface area contributed by atoms with Crippen LogP contribution >= 0.6 is 0 Å². The highest BCUT2D eigenvalue weighted by molar-refractivity contribution is 5.81. The molecule has 0 N–H and O–H groups in total. The van der Waals surface area contributed by atoms with Crippen LogP contribution in [0.4, 0.5) is 0 Å². The fourth-order valence-corrected chi connectivity index (χ4v) is 1.77. The Morgan fingerprint density at radius 1 is 1.50 bits per heavy atom. The standard InChI is InChI=1S/C11H18N2O/c1-4-5-11(14)8-10-9-12(2)6-7-13(10)3/h1,10H,5-9H2,2-3H3. The Kier molecular flexibility index (Phi) is 4.12. The zero-order valence-corrected chi connectivity index (χ0v) is 8.99. The molecule has 1 unspecified atom stereocenters. The molecule has 3 nitrogen and oxygen atoms in total. The van der Waals surface area contributed by atoms with Gasteiger partial charge < -0.3 is 9.80 Å². The number of carbonyl (C=O) groups excluding carboxylic acids is 1. The van der Waals surface area contributed by atoms with Crippen LogP contribution in [0.3, 0.4) is 0 Å². The number of hydrogen-bond donors (Lipinski definition) is 0. The van der Waals surface area contributed by atoms with Crippen LogP contribution in [-0.4, -0.2) is 55.4 Å². The Morgan fingerprint density at radius 2 is 2.21 bits per heavy atom. The molecule has 1 rings (SSSR count). The molecule has 1 aliphatic heterocycles. The molecular weight excluding hydrogens is 176 g/mol. The topological polar surface area (TPSA) is 23.6 Å². The minimum atomic E-state index is 0.180. The van der Waals surface area contributed by atoms with Crippen LogP contribution < -0.4 is 0 Å². The Hall–Kier alpha value is -0.850. The maximum absolute atomic E-state index is 11.4. The molecule has 0 radical (unpaired) electrons. The van der Waals surface area contributed by atoms with E-state index >= 15 is 0 Å². The average Bonchev–Trinajstić information content (AvgIpc) is 2.12. The van der Waals surface area contributed by atoms with E-state index in [2.05, 4.69) is 29.8 Å². The van der Waals surface area contributed by atoms with Crippen molar-refractivity contribution in [1.82, 2.24) is 9.80 Å². The van der Waals surface area contributed by atoms with Crippen molar-refractivity contribution >= 4 is 5.78 Å². The second kappa shape index (κ2) is 5.14. The third kappa shape index (κ3) is 3.13. The highest BCUT2D eigenvalue weighted by atomic mass is 16.1. The van der Waals surface area contributed by atoms with Gasteiger partial charge in [-0.25, -0.2) is 0 Å². The average molecular weight is 194 g/mol. The van der Waals surface area contributed by atoms with Crippen molar-refractivity contribution in [2.24, 2.45) is 0 Å². The second-order valence-electron chi connectivity index (χ2n) is 4.02. The largest absolute Gasteiger partial charge is 0.304 e. The van der Waals surface area contributed by atoms with E-state index < -0.39 is 0 Å². The fraction of sp³-hybridized carbons (Fsp3) is 0.727. The van der Waals surface area contributed by atoms with Crippen LogP contribution in [0.5, 0.6) is 0 Å². The maximum atomic E-state index is 11.4. The number of terminal acetylenes is 1. The summed E-state index contributed by atoms with van der Waals surface area (Å²) in [6.45, 7) is 3.08. The highest BCUT2D eigenvalue weighted by Crippen LogP contribution is 2.10. The maximum Gasteiger partial charge on any atom is 0.146 e. The van der Waals surface area contributed by atoms with E-state index in [1.807, 2.05) is 0 Å². The second-order valence-corrected chi connectivity index (χ2v) is 4.02. The minimum Gasteiger partial charge on any atom is -0.304 e. The zero-order chi connectivity index (χ0) is 10.6. The number of ketones is 1. The number of Topliss-reactive ketones (excluding diaryl/α,β-unsaturated/α-hetero) is 1. The summed E-state index contributed by atoms with van der Waals surface area (Å²) in [5, 5.41) is 0. The van der Waals surface area contributed by atoms with Gasteiger partial charge >= 0.3 is 0 Å². The lowest BCUT2D eigenvalue weighted by atomic mass is 10.1. The molecular formula is C11H18N2O. The van der Waals surface area contributed by atoms with E-state index in [1.165, 1.54) is 0 Å². The Morgan fingerprint density at radius 3 is 2.86 bits per heavy atom. The number of hydrogen-bond acceptors (Lipinski definition) is 3. The van der Waals surface area contributed by atoms with Crippen LogP contribution in [0.15, 0.2) is 0 Å². The Bertz CT molecular complexity index is 244. The van der Waals surface area contributed by atoms with Gasteiger partial charge in [-0.3, -0.25) is 4.79 Å². The van der Waals surface area contributed by atoms with Crippen LogP contribution in [0.2, 0.25) is 0 Å². The summed E-state index contributed by atoms with van der Waals surface area (Å²) >= 11 is 0. The number of piperazine rings is 1. The van der Waals surface area contributed by atoms with Gasteiger partial charge in [-0.1, -0.05) is 5.92 Å². The molecule has 0 aromatic heterocycles. The normalized spacial score (nSPS) is 24.5. The monoisotopic (exact) mass is 194 g/mol. The molecule has 1 aliphatic rings. The summed E-state index contributed by atoms with van der Waals surface area (Å²) in [5.41, 5.74) is 0. The SMILES string of the molecule is C#CCC(=O)CC1CN(C)CCN1C. The number of nitrogens with zero attached hydrogens (tertiary/aromatic N) is 2. The van der Waals surface area contributed by atoms with Crippen molar-refractivity contribution in [2.75, 3.05) is 33.7 Å².